The molecule has 0 aliphatic rings. The van der Waals surface area contributed by atoms with Crippen molar-refractivity contribution in [1.82, 2.24) is 9.38 Å². The van der Waals surface area contributed by atoms with Gasteiger partial charge in [0.25, 0.3) is 5.91 Å². The topological polar surface area (TPSA) is 55.6 Å². The van der Waals surface area contributed by atoms with Crippen LogP contribution in [0.25, 0.3) is 5.65 Å². The van der Waals surface area contributed by atoms with Gasteiger partial charge in [-0.05, 0) is 30.7 Å². The second-order valence-corrected chi connectivity index (χ2v) is 4.99. The largest absolute Gasteiger partial charge is 0.482 e. The highest BCUT2D eigenvalue weighted by Crippen LogP contribution is 2.21. The van der Waals surface area contributed by atoms with E-state index in [4.69, 9.17) is 4.74 Å². The van der Waals surface area contributed by atoms with Crippen molar-refractivity contribution in [2.45, 2.75) is 6.92 Å². The fourth-order valence-electron chi connectivity index (χ4n) is 2.29. The van der Waals surface area contributed by atoms with Gasteiger partial charge in [0.1, 0.15) is 23.0 Å². The predicted molar refractivity (Wildman–Crippen MR) is 80.8 cm³/mol. The van der Waals surface area contributed by atoms with Crippen LogP contribution in [0.4, 0.5) is 14.5 Å². The molecule has 23 heavy (non-hydrogen) atoms. The Hall–Kier alpha value is -2.96. The van der Waals surface area contributed by atoms with Crippen LogP contribution >= 0.6 is 0 Å². The van der Waals surface area contributed by atoms with Gasteiger partial charge in [-0.25, -0.2) is 13.8 Å². The lowest BCUT2D eigenvalue weighted by Crippen LogP contribution is -2.16. The third kappa shape index (κ3) is 2.73. The Kier molecular flexibility index (Phi) is 3.69. The Bertz CT molecular complexity index is 906. The summed E-state index contributed by atoms with van der Waals surface area (Å²) in [7, 11) is 1.47. The first-order chi connectivity index (χ1) is 11.0. The minimum atomic E-state index is -0.726. The molecule has 1 N–H and O–H groups in total. The molecule has 3 rings (SSSR count). The lowest BCUT2D eigenvalue weighted by atomic mass is 10.2. The van der Waals surface area contributed by atoms with Gasteiger partial charge in [0.15, 0.2) is 5.88 Å². The first kappa shape index (κ1) is 15.0. The van der Waals surface area contributed by atoms with E-state index in [0.717, 1.165) is 23.8 Å². The molecule has 0 aliphatic carbocycles. The summed E-state index contributed by atoms with van der Waals surface area (Å²) in [5.41, 5.74) is 1.35. The van der Waals surface area contributed by atoms with Gasteiger partial charge >= 0.3 is 0 Å². The minimum Gasteiger partial charge on any atom is -0.482 e. The van der Waals surface area contributed by atoms with Crippen LogP contribution in [-0.2, 0) is 0 Å². The molecule has 118 valence electrons. The van der Waals surface area contributed by atoms with Crippen LogP contribution in [0.15, 0.2) is 36.5 Å². The average molecular weight is 317 g/mol. The Morgan fingerprint density at radius 2 is 2.04 bits per heavy atom. The Morgan fingerprint density at radius 1 is 1.26 bits per heavy atom. The predicted octanol–water partition coefficient (Wildman–Crippen LogP) is 3.18. The van der Waals surface area contributed by atoms with E-state index in [9.17, 15) is 13.6 Å². The van der Waals surface area contributed by atoms with Crippen molar-refractivity contribution in [2.24, 2.45) is 0 Å². The third-order valence-corrected chi connectivity index (χ3v) is 3.34. The summed E-state index contributed by atoms with van der Waals surface area (Å²) in [4.78, 5) is 16.5. The van der Waals surface area contributed by atoms with E-state index in [0.29, 0.717) is 11.5 Å². The second-order valence-electron chi connectivity index (χ2n) is 4.99. The molecular weight excluding hydrogens is 304 g/mol. The molecule has 2 heterocycles. The molecule has 2 aromatic heterocycles. The molecule has 0 bridgehead atoms. The van der Waals surface area contributed by atoms with Gasteiger partial charge in [0.05, 0.1) is 19.0 Å². The normalized spacial score (nSPS) is 10.8. The first-order valence-corrected chi connectivity index (χ1v) is 6.78. The maximum Gasteiger partial charge on any atom is 0.274 e. The number of aromatic nitrogens is 2. The maximum atomic E-state index is 13.7. The molecule has 5 nitrogen and oxygen atoms in total. The zero-order chi connectivity index (χ0) is 16.6. The zero-order valence-corrected chi connectivity index (χ0v) is 12.4. The van der Waals surface area contributed by atoms with Gasteiger partial charge < -0.3 is 10.1 Å². The van der Waals surface area contributed by atoms with E-state index < -0.39 is 17.5 Å². The number of hydrogen-bond donors (Lipinski definition) is 1. The number of benzene rings is 1. The maximum absolute atomic E-state index is 13.7. The van der Waals surface area contributed by atoms with Crippen molar-refractivity contribution in [1.29, 1.82) is 0 Å². The standard InChI is InChI=1S/C16H13F2N3O2/c1-9-5-14-19-8-13(21(14)15(6-9)23-2)16(22)20-12-7-10(17)3-4-11(12)18/h3-8H,1-2H3,(H,20,22). The highest BCUT2D eigenvalue weighted by molar-refractivity contribution is 6.03. The van der Waals surface area contributed by atoms with E-state index >= 15 is 0 Å². The number of anilines is 1. The van der Waals surface area contributed by atoms with E-state index in [2.05, 4.69) is 10.3 Å². The quantitative estimate of drug-likeness (QED) is 0.807. The summed E-state index contributed by atoms with van der Waals surface area (Å²) in [5.74, 6) is -1.57. The van der Waals surface area contributed by atoms with Crippen molar-refractivity contribution < 1.29 is 18.3 Å². The molecule has 0 fully saturated rings. The number of carbonyl (C=O) groups is 1. The number of aryl methyl sites for hydroxylation is 1. The van der Waals surface area contributed by atoms with Gasteiger partial charge in [-0.1, -0.05) is 0 Å². The number of halogens is 2. The molecule has 1 amide bonds. The van der Waals surface area contributed by atoms with Crippen molar-refractivity contribution >= 4 is 17.2 Å². The van der Waals surface area contributed by atoms with Gasteiger partial charge in [0.2, 0.25) is 0 Å². The molecule has 0 spiro atoms. The number of fused-ring (bicyclic) bond motifs is 1. The summed E-state index contributed by atoms with van der Waals surface area (Å²) >= 11 is 0. The molecule has 0 unspecified atom stereocenters. The average Bonchev–Trinajstić information content (AvgIpc) is 2.93. The first-order valence-electron chi connectivity index (χ1n) is 6.78. The highest BCUT2D eigenvalue weighted by Gasteiger charge is 2.17. The summed E-state index contributed by atoms with van der Waals surface area (Å²) in [5, 5.41) is 2.34. The van der Waals surface area contributed by atoms with Crippen LogP contribution in [-0.4, -0.2) is 22.4 Å². The zero-order valence-electron chi connectivity index (χ0n) is 12.4. The number of nitrogens with one attached hydrogen (secondary N) is 1. The number of amides is 1. The van der Waals surface area contributed by atoms with Gasteiger partial charge in [-0.15, -0.1) is 0 Å². The van der Waals surface area contributed by atoms with Crippen molar-refractivity contribution in [3.63, 3.8) is 0 Å². The van der Waals surface area contributed by atoms with Crippen LogP contribution in [0.1, 0.15) is 16.1 Å². The van der Waals surface area contributed by atoms with Gasteiger partial charge in [-0.2, -0.15) is 0 Å². The fourth-order valence-corrected chi connectivity index (χ4v) is 2.29. The fraction of sp³-hybridized carbons (Fsp3) is 0.125. The number of hydrogen-bond acceptors (Lipinski definition) is 3. The smallest absolute Gasteiger partial charge is 0.274 e. The Balaban J connectivity index is 2.03. The van der Waals surface area contributed by atoms with Crippen molar-refractivity contribution in [3.8, 4) is 5.88 Å². The van der Waals surface area contributed by atoms with E-state index in [1.807, 2.05) is 6.92 Å². The number of pyridine rings is 1. The van der Waals surface area contributed by atoms with E-state index in [1.54, 1.807) is 12.1 Å². The van der Waals surface area contributed by atoms with Crippen molar-refractivity contribution in [2.75, 3.05) is 12.4 Å². The van der Waals surface area contributed by atoms with Crippen LogP contribution in [0.3, 0.4) is 0 Å². The lowest BCUT2D eigenvalue weighted by Gasteiger charge is -2.10. The van der Waals surface area contributed by atoms with Crippen LogP contribution in [0.5, 0.6) is 5.88 Å². The van der Waals surface area contributed by atoms with E-state index in [1.165, 1.54) is 17.7 Å². The van der Waals surface area contributed by atoms with Crippen LogP contribution in [0.2, 0.25) is 0 Å². The lowest BCUT2D eigenvalue weighted by molar-refractivity contribution is 0.102. The molecule has 1 aromatic carbocycles. The SMILES string of the molecule is COc1cc(C)cc2ncc(C(=O)Nc3cc(F)ccc3F)n12. The summed E-state index contributed by atoms with van der Waals surface area (Å²) in [6.07, 6.45) is 1.35. The molecule has 0 aliphatic heterocycles. The van der Waals surface area contributed by atoms with Crippen LogP contribution in [0, 0.1) is 18.6 Å². The number of methoxy groups -OCH3 is 1. The minimum absolute atomic E-state index is 0.153. The number of carbonyl (C=O) groups excluding carboxylic acids is 1. The van der Waals surface area contributed by atoms with Crippen molar-refractivity contribution in [3.05, 3.63) is 59.4 Å². The molecule has 3 aromatic rings. The Morgan fingerprint density at radius 3 is 2.78 bits per heavy atom. The summed E-state index contributed by atoms with van der Waals surface area (Å²) < 4.78 is 33.6. The molecular formula is C16H13F2N3O2. The Labute approximate surface area is 130 Å². The number of ether oxygens (including phenoxy) is 1. The molecule has 7 heteroatoms. The molecule has 0 saturated carbocycles. The van der Waals surface area contributed by atoms with Gasteiger partial charge in [-0.3, -0.25) is 9.20 Å². The number of nitrogens with zero attached hydrogens (tertiary/aromatic N) is 2. The van der Waals surface area contributed by atoms with Crippen LogP contribution < -0.4 is 10.1 Å². The number of imidazole rings is 1. The third-order valence-electron chi connectivity index (χ3n) is 3.34. The second kappa shape index (κ2) is 5.68. The summed E-state index contributed by atoms with van der Waals surface area (Å²) in [6.45, 7) is 1.87. The number of rotatable bonds is 3. The summed E-state index contributed by atoms with van der Waals surface area (Å²) in [6, 6.07) is 6.36. The monoisotopic (exact) mass is 317 g/mol. The molecule has 0 saturated heterocycles. The molecule has 0 atom stereocenters. The molecule has 0 radical (unpaired) electrons. The highest BCUT2D eigenvalue weighted by atomic mass is 19.1. The van der Waals surface area contributed by atoms with E-state index in [-0.39, 0.29) is 11.4 Å². The van der Waals surface area contributed by atoms with Gasteiger partial charge in [0, 0.05) is 12.1 Å².